The van der Waals surface area contributed by atoms with Gasteiger partial charge in [-0.2, -0.15) is 0 Å². The van der Waals surface area contributed by atoms with Crippen LogP contribution in [0.25, 0.3) is 0 Å². The molecule has 0 aromatic heterocycles. The van der Waals surface area contributed by atoms with Gasteiger partial charge < -0.3 is 10.1 Å². The number of esters is 1. The Hall–Kier alpha value is -1.93. The Bertz CT molecular complexity index is 658. The Morgan fingerprint density at radius 2 is 1.96 bits per heavy atom. The minimum atomic E-state index is -3.67. The highest BCUT2D eigenvalue weighted by Crippen LogP contribution is 2.13. The second kappa shape index (κ2) is 8.64. The predicted molar refractivity (Wildman–Crippen MR) is 85.5 cm³/mol. The van der Waals surface area contributed by atoms with Gasteiger partial charge in [0.05, 0.1) is 10.5 Å². The molecule has 0 unspecified atom stereocenters. The number of sulfonamides is 1. The molecule has 1 atom stereocenters. The second-order valence-corrected chi connectivity index (χ2v) is 6.63. The summed E-state index contributed by atoms with van der Waals surface area (Å²) in [5.74, 6) is -1.16. The standard InChI is InChI=1S/C15H22N2O5S/c1-4-9-17-23(20,21)13-8-6-7-12(10-13)15(19)22-11(3)14(18)16-5-2/h6-8,10-11,17H,4-5,9H2,1-3H3,(H,16,18)/t11-/m0/s1. The molecule has 0 heterocycles. The van der Waals surface area contributed by atoms with E-state index in [1.165, 1.54) is 31.2 Å². The van der Waals surface area contributed by atoms with Crippen molar-refractivity contribution in [2.24, 2.45) is 0 Å². The summed E-state index contributed by atoms with van der Waals surface area (Å²) in [7, 11) is -3.67. The molecule has 1 rings (SSSR count). The van der Waals surface area contributed by atoms with Crippen molar-refractivity contribution in [1.29, 1.82) is 0 Å². The maximum Gasteiger partial charge on any atom is 0.338 e. The highest BCUT2D eigenvalue weighted by molar-refractivity contribution is 7.89. The number of benzene rings is 1. The Labute approximate surface area is 136 Å². The number of amides is 1. The van der Waals surface area contributed by atoms with Crippen molar-refractivity contribution in [3.8, 4) is 0 Å². The van der Waals surface area contributed by atoms with Gasteiger partial charge in [-0.25, -0.2) is 17.9 Å². The summed E-state index contributed by atoms with van der Waals surface area (Å²) in [6.45, 7) is 5.79. The van der Waals surface area contributed by atoms with E-state index in [4.69, 9.17) is 4.74 Å². The lowest BCUT2D eigenvalue weighted by Crippen LogP contribution is -2.35. The van der Waals surface area contributed by atoms with Crippen molar-refractivity contribution in [2.45, 2.75) is 38.2 Å². The van der Waals surface area contributed by atoms with Crippen LogP contribution in [0.2, 0.25) is 0 Å². The van der Waals surface area contributed by atoms with Crippen LogP contribution in [0.4, 0.5) is 0 Å². The van der Waals surface area contributed by atoms with E-state index in [0.29, 0.717) is 19.5 Å². The van der Waals surface area contributed by atoms with Crippen LogP contribution >= 0.6 is 0 Å². The van der Waals surface area contributed by atoms with Gasteiger partial charge in [0.15, 0.2) is 6.10 Å². The molecule has 8 heteroatoms. The molecule has 0 bridgehead atoms. The van der Waals surface area contributed by atoms with Crippen molar-refractivity contribution in [1.82, 2.24) is 10.0 Å². The van der Waals surface area contributed by atoms with Gasteiger partial charge in [0.25, 0.3) is 5.91 Å². The Kier molecular flexibility index (Phi) is 7.18. The first-order chi connectivity index (χ1) is 10.8. The molecule has 7 nitrogen and oxygen atoms in total. The van der Waals surface area contributed by atoms with Crippen LogP contribution in [0.5, 0.6) is 0 Å². The highest BCUT2D eigenvalue weighted by Gasteiger charge is 2.20. The van der Waals surface area contributed by atoms with Gasteiger partial charge in [0.2, 0.25) is 10.0 Å². The summed E-state index contributed by atoms with van der Waals surface area (Å²) >= 11 is 0. The zero-order valence-electron chi connectivity index (χ0n) is 13.5. The van der Waals surface area contributed by atoms with Gasteiger partial charge in [-0.1, -0.05) is 13.0 Å². The van der Waals surface area contributed by atoms with Gasteiger partial charge in [-0.05, 0) is 38.5 Å². The fraction of sp³-hybridized carbons (Fsp3) is 0.467. The maximum absolute atomic E-state index is 12.1. The number of hydrogen-bond donors (Lipinski definition) is 2. The summed E-state index contributed by atoms with van der Waals surface area (Å²) in [5.41, 5.74) is 0.0699. The number of carbonyl (C=O) groups is 2. The van der Waals surface area contributed by atoms with E-state index in [1.807, 2.05) is 6.92 Å². The fourth-order valence-electron chi connectivity index (χ4n) is 1.71. The number of hydrogen-bond acceptors (Lipinski definition) is 5. The van der Waals surface area contributed by atoms with E-state index >= 15 is 0 Å². The van der Waals surface area contributed by atoms with Crippen molar-refractivity contribution in [2.75, 3.05) is 13.1 Å². The zero-order chi connectivity index (χ0) is 17.5. The minimum Gasteiger partial charge on any atom is -0.449 e. The molecule has 23 heavy (non-hydrogen) atoms. The summed E-state index contributed by atoms with van der Waals surface area (Å²) in [4.78, 5) is 23.6. The topological polar surface area (TPSA) is 102 Å². The summed E-state index contributed by atoms with van der Waals surface area (Å²) in [6, 6.07) is 5.51. The first kappa shape index (κ1) is 19.1. The van der Waals surface area contributed by atoms with Gasteiger partial charge in [0, 0.05) is 13.1 Å². The lowest BCUT2D eigenvalue weighted by Gasteiger charge is -2.13. The average Bonchev–Trinajstić information content (AvgIpc) is 2.53. The second-order valence-electron chi connectivity index (χ2n) is 4.87. The van der Waals surface area contributed by atoms with Gasteiger partial charge in [-0.15, -0.1) is 0 Å². The van der Waals surface area contributed by atoms with Crippen molar-refractivity contribution in [3.05, 3.63) is 29.8 Å². The predicted octanol–water partition coefficient (Wildman–Crippen LogP) is 1.06. The molecule has 0 aliphatic heterocycles. The van der Waals surface area contributed by atoms with Crippen LogP contribution in [0.1, 0.15) is 37.6 Å². The molecule has 0 radical (unpaired) electrons. The smallest absolute Gasteiger partial charge is 0.338 e. The van der Waals surface area contributed by atoms with E-state index in [1.54, 1.807) is 6.92 Å². The third-order valence-electron chi connectivity index (χ3n) is 2.93. The highest BCUT2D eigenvalue weighted by atomic mass is 32.2. The molecule has 0 saturated heterocycles. The summed E-state index contributed by atoms with van der Waals surface area (Å²) < 4.78 is 31.6. The SMILES string of the molecule is CCCNS(=O)(=O)c1cccc(C(=O)O[C@@H](C)C(=O)NCC)c1. The first-order valence-corrected chi connectivity index (χ1v) is 8.88. The van der Waals surface area contributed by atoms with Crippen molar-refractivity contribution < 1.29 is 22.7 Å². The molecule has 128 valence electrons. The van der Waals surface area contributed by atoms with Gasteiger partial charge in [-0.3, -0.25) is 4.79 Å². The molecule has 2 N–H and O–H groups in total. The number of rotatable bonds is 8. The molecule has 0 aliphatic rings. The number of nitrogens with one attached hydrogen (secondary N) is 2. The quantitative estimate of drug-likeness (QED) is 0.688. The fourth-order valence-corrected chi connectivity index (χ4v) is 2.89. The lowest BCUT2D eigenvalue weighted by atomic mass is 10.2. The van der Waals surface area contributed by atoms with Crippen molar-refractivity contribution in [3.63, 3.8) is 0 Å². The number of carbonyl (C=O) groups excluding carboxylic acids is 2. The Morgan fingerprint density at radius 3 is 2.57 bits per heavy atom. The largest absolute Gasteiger partial charge is 0.449 e. The third-order valence-corrected chi connectivity index (χ3v) is 4.38. The molecule has 1 aromatic carbocycles. The maximum atomic E-state index is 12.1. The van der Waals surface area contributed by atoms with E-state index in [2.05, 4.69) is 10.0 Å². The van der Waals surface area contributed by atoms with E-state index in [-0.39, 0.29) is 10.5 Å². The van der Waals surface area contributed by atoms with Crippen LogP contribution in [0, 0.1) is 0 Å². The third kappa shape index (κ3) is 5.65. The summed E-state index contributed by atoms with van der Waals surface area (Å²) in [5, 5.41) is 2.54. The lowest BCUT2D eigenvalue weighted by molar-refractivity contribution is -0.128. The van der Waals surface area contributed by atoms with Crippen LogP contribution < -0.4 is 10.0 Å². The van der Waals surface area contributed by atoms with Gasteiger partial charge >= 0.3 is 5.97 Å². The number of likely N-dealkylation sites (N-methyl/N-ethyl adjacent to an activating group) is 1. The van der Waals surface area contributed by atoms with Crippen LogP contribution in [0.3, 0.4) is 0 Å². The molecule has 1 amide bonds. The monoisotopic (exact) mass is 342 g/mol. The molecule has 1 aromatic rings. The molecular formula is C15H22N2O5S. The van der Waals surface area contributed by atoms with E-state index in [0.717, 1.165) is 0 Å². The average molecular weight is 342 g/mol. The van der Waals surface area contributed by atoms with Crippen LogP contribution in [-0.2, 0) is 19.6 Å². The molecule has 0 saturated carbocycles. The molecule has 0 fully saturated rings. The van der Waals surface area contributed by atoms with Crippen molar-refractivity contribution >= 4 is 21.9 Å². The molecular weight excluding hydrogens is 320 g/mol. The number of ether oxygens (including phenoxy) is 1. The van der Waals surface area contributed by atoms with Crippen LogP contribution in [-0.4, -0.2) is 39.5 Å². The van der Waals surface area contributed by atoms with Gasteiger partial charge in [0.1, 0.15) is 0 Å². The normalized spacial score (nSPS) is 12.5. The van der Waals surface area contributed by atoms with Crippen LogP contribution in [0.15, 0.2) is 29.2 Å². The Balaban J connectivity index is 2.88. The Morgan fingerprint density at radius 1 is 1.26 bits per heavy atom. The van der Waals surface area contributed by atoms with E-state index in [9.17, 15) is 18.0 Å². The first-order valence-electron chi connectivity index (χ1n) is 7.40. The summed E-state index contributed by atoms with van der Waals surface area (Å²) in [6.07, 6.45) is -0.300. The van der Waals surface area contributed by atoms with E-state index < -0.39 is 28.0 Å². The molecule has 0 aliphatic carbocycles. The zero-order valence-corrected chi connectivity index (χ0v) is 14.3. The minimum absolute atomic E-state index is 0.0222. The molecule has 0 spiro atoms.